The van der Waals surface area contributed by atoms with Gasteiger partial charge in [-0.05, 0) is 43.7 Å². The molecule has 0 unspecified atom stereocenters. The number of para-hydroxylation sites is 1. The molecule has 5 nitrogen and oxygen atoms in total. The minimum atomic E-state index is -4.51. The van der Waals surface area contributed by atoms with Crippen LogP contribution in [0.15, 0.2) is 48.7 Å². The van der Waals surface area contributed by atoms with Crippen molar-refractivity contribution in [1.82, 2.24) is 9.78 Å². The van der Waals surface area contributed by atoms with Gasteiger partial charge in [0.05, 0.1) is 28.8 Å². The van der Waals surface area contributed by atoms with Gasteiger partial charge < -0.3 is 10.1 Å². The normalized spacial score (nSPS) is 11.4. The molecular weight excluding hydrogens is 407 g/mol. The van der Waals surface area contributed by atoms with Crippen molar-refractivity contribution in [3.8, 4) is 11.4 Å². The number of carbonyl (C=O) groups excluding carboxylic acids is 1. The maximum atomic E-state index is 12.7. The molecule has 0 saturated heterocycles. The Morgan fingerprint density at radius 2 is 1.93 bits per heavy atom. The lowest BCUT2D eigenvalue weighted by Gasteiger charge is -2.14. The first-order chi connectivity index (χ1) is 13.7. The smallest absolute Gasteiger partial charge is 0.422 e. The van der Waals surface area contributed by atoms with Crippen molar-refractivity contribution >= 4 is 23.2 Å². The van der Waals surface area contributed by atoms with E-state index < -0.39 is 18.7 Å². The summed E-state index contributed by atoms with van der Waals surface area (Å²) in [6.07, 6.45) is -3.11. The minimum Gasteiger partial charge on any atom is -0.482 e. The third-order valence-corrected chi connectivity index (χ3v) is 4.41. The van der Waals surface area contributed by atoms with Gasteiger partial charge in [0.1, 0.15) is 5.75 Å². The Morgan fingerprint density at radius 1 is 1.21 bits per heavy atom. The molecule has 0 fully saturated rings. The predicted molar refractivity (Wildman–Crippen MR) is 104 cm³/mol. The van der Waals surface area contributed by atoms with Gasteiger partial charge in [0, 0.05) is 5.02 Å². The van der Waals surface area contributed by atoms with E-state index in [1.165, 1.54) is 24.4 Å². The maximum absolute atomic E-state index is 12.7. The van der Waals surface area contributed by atoms with E-state index in [0.29, 0.717) is 5.69 Å². The third-order valence-electron chi connectivity index (χ3n) is 4.18. The molecular formula is C20H17ClF3N3O2. The van der Waals surface area contributed by atoms with E-state index in [9.17, 15) is 18.0 Å². The van der Waals surface area contributed by atoms with E-state index in [1.54, 1.807) is 11.6 Å². The van der Waals surface area contributed by atoms with Crippen molar-refractivity contribution in [3.63, 3.8) is 0 Å². The summed E-state index contributed by atoms with van der Waals surface area (Å²) in [6.45, 7) is 2.17. The number of nitrogens with one attached hydrogen (secondary N) is 1. The first-order valence-corrected chi connectivity index (χ1v) is 8.94. The monoisotopic (exact) mass is 423 g/mol. The number of anilines is 1. The Balaban J connectivity index is 1.86. The summed E-state index contributed by atoms with van der Waals surface area (Å²) >= 11 is 5.92. The van der Waals surface area contributed by atoms with Crippen LogP contribution in [0.5, 0.6) is 5.75 Å². The summed E-state index contributed by atoms with van der Waals surface area (Å²) in [5, 5.41) is 7.07. The molecule has 3 rings (SSSR count). The third kappa shape index (κ3) is 4.89. The number of aromatic nitrogens is 2. The fraction of sp³-hybridized carbons (Fsp3) is 0.200. The standard InChI is InChI=1S/C20H17ClF3N3O2/c1-12-5-3-4-6-17(12)27-13(2)15(10-25-27)19(28)26-16-9-14(21)7-8-18(16)29-11-20(22,23)24/h3-10H,11H2,1-2H3,(H,26,28). The van der Waals surface area contributed by atoms with Crippen LogP contribution in [0.3, 0.4) is 0 Å². The average Bonchev–Trinajstić information content (AvgIpc) is 3.02. The zero-order valence-corrected chi connectivity index (χ0v) is 16.3. The van der Waals surface area contributed by atoms with Crippen molar-refractivity contribution in [1.29, 1.82) is 0 Å². The van der Waals surface area contributed by atoms with E-state index in [4.69, 9.17) is 16.3 Å². The van der Waals surface area contributed by atoms with Gasteiger partial charge in [-0.3, -0.25) is 4.79 Å². The molecule has 1 aromatic heterocycles. The summed E-state index contributed by atoms with van der Waals surface area (Å²) in [6, 6.07) is 11.5. The first-order valence-electron chi connectivity index (χ1n) is 8.57. The number of benzene rings is 2. The van der Waals surface area contributed by atoms with Gasteiger partial charge >= 0.3 is 6.18 Å². The van der Waals surface area contributed by atoms with Crippen molar-refractivity contribution in [2.45, 2.75) is 20.0 Å². The number of hydrogen-bond acceptors (Lipinski definition) is 3. The van der Waals surface area contributed by atoms with Gasteiger partial charge in [0.25, 0.3) is 5.91 Å². The van der Waals surface area contributed by atoms with Gasteiger partial charge in [-0.2, -0.15) is 18.3 Å². The predicted octanol–water partition coefficient (Wildman–Crippen LogP) is 5.34. The summed E-state index contributed by atoms with van der Waals surface area (Å²) in [5.41, 5.74) is 2.69. The first kappa shape index (κ1) is 20.7. The quantitative estimate of drug-likeness (QED) is 0.603. The van der Waals surface area contributed by atoms with Crippen molar-refractivity contribution < 1.29 is 22.7 Å². The number of nitrogens with zero attached hydrogens (tertiary/aromatic N) is 2. The molecule has 2 aromatic carbocycles. The van der Waals surface area contributed by atoms with Crippen LogP contribution in [0, 0.1) is 13.8 Å². The number of hydrogen-bond donors (Lipinski definition) is 1. The molecule has 1 N–H and O–H groups in total. The molecule has 0 bridgehead atoms. The molecule has 29 heavy (non-hydrogen) atoms. The van der Waals surface area contributed by atoms with Crippen LogP contribution in [-0.2, 0) is 0 Å². The Labute approximate surface area is 170 Å². The van der Waals surface area contributed by atoms with Crippen LogP contribution in [-0.4, -0.2) is 28.5 Å². The Bertz CT molecular complexity index is 1050. The Morgan fingerprint density at radius 3 is 2.62 bits per heavy atom. The van der Waals surface area contributed by atoms with Crippen LogP contribution in [0.25, 0.3) is 5.69 Å². The maximum Gasteiger partial charge on any atom is 0.422 e. The molecule has 0 radical (unpaired) electrons. The largest absolute Gasteiger partial charge is 0.482 e. The topological polar surface area (TPSA) is 56.2 Å². The molecule has 9 heteroatoms. The van der Waals surface area contributed by atoms with Crippen LogP contribution < -0.4 is 10.1 Å². The average molecular weight is 424 g/mol. The van der Waals surface area contributed by atoms with Crippen molar-refractivity contribution in [2.24, 2.45) is 0 Å². The van der Waals surface area contributed by atoms with Crippen molar-refractivity contribution in [2.75, 3.05) is 11.9 Å². The highest BCUT2D eigenvalue weighted by Gasteiger charge is 2.29. The number of aryl methyl sites for hydroxylation is 1. The van der Waals surface area contributed by atoms with Gasteiger partial charge in [-0.15, -0.1) is 0 Å². The van der Waals surface area contributed by atoms with E-state index in [0.717, 1.165) is 11.3 Å². The van der Waals surface area contributed by atoms with Crippen LogP contribution >= 0.6 is 11.6 Å². The second kappa shape index (κ2) is 8.16. The summed E-state index contributed by atoms with van der Waals surface area (Å²) < 4.78 is 43.9. The Hall–Kier alpha value is -3.00. The molecule has 0 atom stereocenters. The highest BCUT2D eigenvalue weighted by atomic mass is 35.5. The lowest BCUT2D eigenvalue weighted by molar-refractivity contribution is -0.153. The number of amides is 1. The SMILES string of the molecule is Cc1ccccc1-n1ncc(C(=O)Nc2cc(Cl)ccc2OCC(F)(F)F)c1C. The molecule has 0 aliphatic carbocycles. The van der Waals surface area contributed by atoms with Gasteiger partial charge in [0.15, 0.2) is 6.61 Å². The number of rotatable bonds is 5. The van der Waals surface area contributed by atoms with Crippen molar-refractivity contribution in [3.05, 3.63) is 70.5 Å². The highest BCUT2D eigenvalue weighted by Crippen LogP contribution is 2.30. The highest BCUT2D eigenvalue weighted by molar-refractivity contribution is 6.31. The fourth-order valence-corrected chi connectivity index (χ4v) is 2.92. The minimum absolute atomic E-state index is 0.0368. The molecule has 0 aliphatic heterocycles. The lowest BCUT2D eigenvalue weighted by Crippen LogP contribution is -2.20. The Kier molecular flexibility index (Phi) is 5.83. The van der Waals surface area contributed by atoms with Gasteiger partial charge in [0.2, 0.25) is 0 Å². The molecule has 1 amide bonds. The summed E-state index contributed by atoms with van der Waals surface area (Å²) in [4.78, 5) is 12.7. The van der Waals surface area contributed by atoms with Crippen LogP contribution in [0.4, 0.5) is 18.9 Å². The van der Waals surface area contributed by atoms with Crippen LogP contribution in [0.2, 0.25) is 5.02 Å². The zero-order chi connectivity index (χ0) is 21.2. The summed E-state index contributed by atoms with van der Waals surface area (Å²) in [5.74, 6) is -0.675. The van der Waals surface area contributed by atoms with E-state index in [-0.39, 0.29) is 22.0 Å². The lowest BCUT2D eigenvalue weighted by atomic mass is 10.2. The molecule has 0 saturated carbocycles. The van der Waals surface area contributed by atoms with Crippen LogP contribution in [0.1, 0.15) is 21.6 Å². The van der Waals surface area contributed by atoms with E-state index >= 15 is 0 Å². The molecule has 0 aliphatic rings. The molecule has 152 valence electrons. The van der Waals surface area contributed by atoms with Gasteiger partial charge in [-0.1, -0.05) is 29.8 Å². The molecule has 0 spiro atoms. The number of ether oxygens (including phenoxy) is 1. The van der Waals surface area contributed by atoms with E-state index in [2.05, 4.69) is 10.4 Å². The number of carbonyl (C=O) groups is 1. The summed E-state index contributed by atoms with van der Waals surface area (Å²) in [7, 11) is 0. The molecule has 3 aromatic rings. The van der Waals surface area contributed by atoms with E-state index in [1.807, 2.05) is 31.2 Å². The van der Waals surface area contributed by atoms with Gasteiger partial charge in [-0.25, -0.2) is 4.68 Å². The number of alkyl halides is 3. The second-order valence-electron chi connectivity index (χ2n) is 6.34. The second-order valence-corrected chi connectivity index (χ2v) is 6.78. The molecule has 1 heterocycles. The fourth-order valence-electron chi connectivity index (χ4n) is 2.75. The number of halogens is 4. The zero-order valence-electron chi connectivity index (χ0n) is 15.5.